The van der Waals surface area contributed by atoms with Gasteiger partial charge < -0.3 is 10.6 Å². The van der Waals surface area contributed by atoms with Gasteiger partial charge in [-0.1, -0.05) is 18.2 Å². The standard InChI is InChI=1S/C22H30N4O4S2/c23-32(29,30)20-5-3-17(4-6-20)7-11-24-21(27)16-26-13-9-18(10-14-26)22(28)25-12-8-19-2-1-15-31-19/h1-6,15,18H,7-14,16H2,(H,24,27)(H,25,28)(H2,23,29,30). The normalized spacial score (nSPS) is 15.4. The van der Waals surface area contributed by atoms with Crippen molar-refractivity contribution in [3.05, 3.63) is 52.2 Å². The van der Waals surface area contributed by atoms with Gasteiger partial charge in [0, 0.05) is 23.9 Å². The van der Waals surface area contributed by atoms with Crippen LogP contribution in [0.25, 0.3) is 0 Å². The molecule has 8 nitrogen and oxygen atoms in total. The minimum absolute atomic E-state index is 0.0120. The van der Waals surface area contributed by atoms with Crippen molar-refractivity contribution >= 4 is 33.2 Å². The molecule has 1 saturated heterocycles. The molecule has 1 fully saturated rings. The zero-order valence-corrected chi connectivity index (χ0v) is 19.6. The molecule has 0 bridgehead atoms. The van der Waals surface area contributed by atoms with E-state index in [2.05, 4.69) is 21.6 Å². The van der Waals surface area contributed by atoms with Crippen molar-refractivity contribution in [3.63, 3.8) is 0 Å². The van der Waals surface area contributed by atoms with Gasteiger partial charge in [-0.15, -0.1) is 11.3 Å². The third-order valence-corrected chi connectivity index (χ3v) is 7.43. The number of nitrogens with two attached hydrogens (primary N) is 1. The van der Waals surface area contributed by atoms with Gasteiger partial charge in [-0.3, -0.25) is 14.5 Å². The first-order valence-corrected chi connectivity index (χ1v) is 13.1. The van der Waals surface area contributed by atoms with Crippen LogP contribution in [0.4, 0.5) is 0 Å². The third kappa shape index (κ3) is 7.70. The fraction of sp³-hybridized carbons (Fsp3) is 0.455. The van der Waals surface area contributed by atoms with Crippen molar-refractivity contribution in [1.82, 2.24) is 15.5 Å². The van der Waals surface area contributed by atoms with Crippen molar-refractivity contribution in [2.24, 2.45) is 11.1 Å². The number of rotatable bonds is 10. The number of primary sulfonamides is 1. The molecular formula is C22H30N4O4S2. The molecule has 1 aromatic heterocycles. The topological polar surface area (TPSA) is 122 Å². The van der Waals surface area contributed by atoms with Crippen LogP contribution in [0.15, 0.2) is 46.7 Å². The van der Waals surface area contributed by atoms with Gasteiger partial charge in [0.2, 0.25) is 21.8 Å². The van der Waals surface area contributed by atoms with Gasteiger partial charge in [0.05, 0.1) is 11.4 Å². The second kappa shape index (κ2) is 11.6. The van der Waals surface area contributed by atoms with Gasteiger partial charge in [0.1, 0.15) is 0 Å². The summed E-state index contributed by atoms with van der Waals surface area (Å²) in [6.45, 7) is 2.90. The van der Waals surface area contributed by atoms with E-state index >= 15 is 0 Å². The number of nitrogens with zero attached hydrogens (tertiary/aromatic N) is 1. The van der Waals surface area contributed by atoms with Gasteiger partial charge in [-0.05, 0) is 67.9 Å². The highest BCUT2D eigenvalue weighted by Gasteiger charge is 2.25. The molecule has 0 saturated carbocycles. The largest absolute Gasteiger partial charge is 0.355 e. The van der Waals surface area contributed by atoms with Crippen LogP contribution in [0.2, 0.25) is 0 Å². The van der Waals surface area contributed by atoms with Gasteiger partial charge in [-0.2, -0.15) is 0 Å². The average Bonchev–Trinajstić information content (AvgIpc) is 3.27. The Kier molecular flexibility index (Phi) is 8.80. The van der Waals surface area contributed by atoms with Crippen LogP contribution in [-0.2, 0) is 32.5 Å². The van der Waals surface area contributed by atoms with Crippen LogP contribution >= 0.6 is 11.3 Å². The van der Waals surface area contributed by atoms with Gasteiger partial charge >= 0.3 is 0 Å². The average molecular weight is 479 g/mol. The minimum atomic E-state index is -3.69. The lowest BCUT2D eigenvalue weighted by Gasteiger charge is -2.30. The van der Waals surface area contributed by atoms with Gasteiger partial charge in [0.25, 0.3) is 0 Å². The molecule has 2 heterocycles. The highest BCUT2D eigenvalue weighted by Crippen LogP contribution is 2.17. The zero-order valence-electron chi connectivity index (χ0n) is 18.0. The van der Waals surface area contributed by atoms with E-state index < -0.39 is 10.0 Å². The number of likely N-dealkylation sites (tertiary alicyclic amines) is 1. The Morgan fingerprint density at radius 1 is 1.03 bits per heavy atom. The van der Waals surface area contributed by atoms with Crippen molar-refractivity contribution < 1.29 is 18.0 Å². The van der Waals surface area contributed by atoms with E-state index in [1.54, 1.807) is 23.5 Å². The fourth-order valence-corrected chi connectivity index (χ4v) is 4.94. The van der Waals surface area contributed by atoms with E-state index in [4.69, 9.17) is 5.14 Å². The highest BCUT2D eigenvalue weighted by molar-refractivity contribution is 7.89. The summed E-state index contributed by atoms with van der Waals surface area (Å²) in [5.41, 5.74) is 0.920. The number of benzene rings is 1. The number of sulfonamides is 1. The fourth-order valence-electron chi connectivity index (χ4n) is 3.71. The summed E-state index contributed by atoms with van der Waals surface area (Å²) in [7, 11) is -3.69. The smallest absolute Gasteiger partial charge is 0.238 e. The minimum Gasteiger partial charge on any atom is -0.355 e. The lowest BCUT2D eigenvalue weighted by atomic mass is 9.96. The Morgan fingerprint density at radius 2 is 1.72 bits per heavy atom. The summed E-state index contributed by atoms with van der Waals surface area (Å²) >= 11 is 1.70. The lowest BCUT2D eigenvalue weighted by molar-refractivity contribution is -0.126. The first kappa shape index (κ1) is 24.4. The Hall–Kier alpha value is -2.27. The molecule has 2 aromatic rings. The van der Waals surface area contributed by atoms with Crippen LogP contribution in [0, 0.1) is 5.92 Å². The molecule has 10 heteroatoms. The van der Waals surface area contributed by atoms with Crippen molar-refractivity contribution in [2.45, 2.75) is 30.6 Å². The van der Waals surface area contributed by atoms with Crippen LogP contribution in [0.3, 0.4) is 0 Å². The highest BCUT2D eigenvalue weighted by atomic mass is 32.2. The second-order valence-electron chi connectivity index (χ2n) is 7.96. The molecule has 0 unspecified atom stereocenters. The molecule has 0 aliphatic carbocycles. The maximum atomic E-state index is 12.4. The third-order valence-electron chi connectivity index (χ3n) is 5.56. The number of nitrogens with one attached hydrogen (secondary N) is 2. The Labute approximate surface area is 193 Å². The summed E-state index contributed by atoms with van der Waals surface area (Å²) in [6, 6.07) is 10.4. The van der Waals surface area contributed by atoms with Crippen LogP contribution in [0.5, 0.6) is 0 Å². The van der Waals surface area contributed by atoms with E-state index in [0.29, 0.717) is 26.1 Å². The maximum Gasteiger partial charge on any atom is 0.238 e. The monoisotopic (exact) mass is 478 g/mol. The molecular weight excluding hydrogens is 448 g/mol. The molecule has 0 atom stereocenters. The summed E-state index contributed by atoms with van der Waals surface area (Å²) in [5, 5.41) is 13.1. The Balaban J connectivity index is 1.30. The number of carbonyl (C=O) groups excluding carboxylic acids is 2. The summed E-state index contributed by atoms with van der Waals surface area (Å²) in [4.78, 5) is 28.0. The summed E-state index contributed by atoms with van der Waals surface area (Å²) in [5.74, 6) is 0.0714. The molecule has 1 aliphatic rings. The molecule has 32 heavy (non-hydrogen) atoms. The molecule has 2 amide bonds. The van der Waals surface area contributed by atoms with E-state index in [9.17, 15) is 18.0 Å². The number of piperidine rings is 1. The van der Waals surface area contributed by atoms with E-state index in [-0.39, 0.29) is 22.6 Å². The first-order chi connectivity index (χ1) is 15.3. The van der Waals surface area contributed by atoms with Gasteiger partial charge in [0.15, 0.2) is 0 Å². The van der Waals surface area contributed by atoms with E-state index in [1.165, 1.54) is 17.0 Å². The predicted molar refractivity (Wildman–Crippen MR) is 125 cm³/mol. The van der Waals surface area contributed by atoms with Crippen LogP contribution in [-0.4, -0.2) is 57.9 Å². The molecule has 1 aromatic carbocycles. The molecule has 0 spiro atoms. The van der Waals surface area contributed by atoms with Gasteiger partial charge in [-0.25, -0.2) is 13.6 Å². The molecule has 174 valence electrons. The number of hydrogen-bond acceptors (Lipinski definition) is 6. The Morgan fingerprint density at radius 3 is 2.34 bits per heavy atom. The molecule has 1 aliphatic heterocycles. The lowest BCUT2D eigenvalue weighted by Crippen LogP contribution is -2.44. The van der Waals surface area contributed by atoms with Crippen molar-refractivity contribution in [2.75, 3.05) is 32.7 Å². The van der Waals surface area contributed by atoms with Crippen molar-refractivity contribution in [1.29, 1.82) is 0 Å². The number of carbonyl (C=O) groups is 2. The van der Waals surface area contributed by atoms with Crippen LogP contribution in [0.1, 0.15) is 23.3 Å². The second-order valence-corrected chi connectivity index (χ2v) is 10.6. The van der Waals surface area contributed by atoms with E-state index in [0.717, 1.165) is 37.9 Å². The van der Waals surface area contributed by atoms with E-state index in [1.807, 2.05) is 11.4 Å². The number of amides is 2. The molecule has 0 radical (unpaired) electrons. The summed E-state index contributed by atoms with van der Waals surface area (Å²) in [6.07, 6.45) is 2.98. The maximum absolute atomic E-state index is 12.4. The van der Waals surface area contributed by atoms with Crippen LogP contribution < -0.4 is 15.8 Å². The molecule has 4 N–H and O–H groups in total. The number of thiophene rings is 1. The molecule has 3 rings (SSSR count). The predicted octanol–water partition coefficient (Wildman–Crippen LogP) is 1.13. The summed E-state index contributed by atoms with van der Waals surface area (Å²) < 4.78 is 22.6. The quantitative estimate of drug-likeness (QED) is 0.473. The van der Waals surface area contributed by atoms with Crippen molar-refractivity contribution in [3.8, 4) is 0 Å². The zero-order chi connectivity index (χ0) is 23.0. The Bertz CT molecular complexity index is 983. The SMILES string of the molecule is NS(=O)(=O)c1ccc(CCNC(=O)CN2CCC(C(=O)NCCc3cccs3)CC2)cc1. The number of hydrogen-bond donors (Lipinski definition) is 3. The first-order valence-electron chi connectivity index (χ1n) is 10.7.